The molecule has 0 spiro atoms. The van der Waals surface area contributed by atoms with E-state index in [4.69, 9.17) is 17.3 Å². The molecule has 15 heavy (non-hydrogen) atoms. The topological polar surface area (TPSA) is 43.8 Å². The third kappa shape index (κ3) is 2.13. The highest BCUT2D eigenvalue weighted by Gasteiger charge is 2.03. The Hall–Kier alpha value is -1.48. The van der Waals surface area contributed by atoms with E-state index in [1.165, 1.54) is 0 Å². The van der Waals surface area contributed by atoms with E-state index >= 15 is 0 Å². The Morgan fingerprint density at radius 3 is 2.80 bits per heavy atom. The Balaban J connectivity index is 2.29. The standard InChI is InChI=1S/C11H12ClN3/c1-8-4-5-14-15(8)7-9-2-3-10(13)6-11(9)12/h2-6H,7,13H2,1H3. The highest BCUT2D eigenvalue weighted by atomic mass is 35.5. The van der Waals surface area contributed by atoms with Gasteiger partial charge in [-0.15, -0.1) is 0 Å². The Morgan fingerprint density at radius 2 is 2.20 bits per heavy atom. The molecule has 1 heterocycles. The summed E-state index contributed by atoms with van der Waals surface area (Å²) in [4.78, 5) is 0. The molecule has 0 radical (unpaired) electrons. The monoisotopic (exact) mass is 221 g/mol. The molecule has 0 saturated heterocycles. The van der Waals surface area contributed by atoms with Gasteiger partial charge in [-0.3, -0.25) is 4.68 Å². The second-order valence-electron chi connectivity index (χ2n) is 3.48. The van der Waals surface area contributed by atoms with Gasteiger partial charge in [0.15, 0.2) is 0 Å². The van der Waals surface area contributed by atoms with Crippen molar-refractivity contribution in [3.8, 4) is 0 Å². The molecule has 2 rings (SSSR count). The number of aromatic nitrogens is 2. The first-order chi connectivity index (χ1) is 7.16. The number of nitrogens with two attached hydrogens (primary N) is 1. The van der Waals surface area contributed by atoms with Crippen molar-refractivity contribution in [3.63, 3.8) is 0 Å². The molecule has 1 aromatic carbocycles. The number of rotatable bonds is 2. The maximum Gasteiger partial charge on any atom is 0.0676 e. The van der Waals surface area contributed by atoms with Gasteiger partial charge in [-0.25, -0.2) is 0 Å². The first kappa shape index (κ1) is 10.1. The minimum absolute atomic E-state index is 0.679. The zero-order valence-corrected chi connectivity index (χ0v) is 9.20. The lowest BCUT2D eigenvalue weighted by molar-refractivity contribution is 0.665. The number of halogens is 1. The van der Waals surface area contributed by atoms with Gasteiger partial charge < -0.3 is 5.73 Å². The smallest absolute Gasteiger partial charge is 0.0676 e. The fourth-order valence-electron chi connectivity index (χ4n) is 1.42. The van der Waals surface area contributed by atoms with Crippen LogP contribution in [0.2, 0.25) is 5.02 Å². The van der Waals surface area contributed by atoms with Crippen LogP contribution in [0.3, 0.4) is 0 Å². The third-order valence-corrected chi connectivity index (χ3v) is 2.68. The van der Waals surface area contributed by atoms with Gasteiger partial charge in [0.05, 0.1) is 6.54 Å². The van der Waals surface area contributed by atoms with Crippen LogP contribution in [0, 0.1) is 6.92 Å². The maximum absolute atomic E-state index is 6.08. The summed E-state index contributed by atoms with van der Waals surface area (Å²) in [5.41, 5.74) is 8.44. The highest BCUT2D eigenvalue weighted by molar-refractivity contribution is 6.31. The normalized spacial score (nSPS) is 10.5. The summed E-state index contributed by atoms with van der Waals surface area (Å²) >= 11 is 6.08. The summed E-state index contributed by atoms with van der Waals surface area (Å²) in [6.45, 7) is 2.69. The third-order valence-electron chi connectivity index (χ3n) is 2.33. The molecule has 0 aliphatic rings. The minimum Gasteiger partial charge on any atom is -0.399 e. The Kier molecular flexibility index (Phi) is 2.64. The van der Waals surface area contributed by atoms with Gasteiger partial charge in [-0.1, -0.05) is 17.7 Å². The number of nitrogen functional groups attached to an aromatic ring is 1. The van der Waals surface area contributed by atoms with Crippen molar-refractivity contribution in [2.45, 2.75) is 13.5 Å². The predicted molar refractivity (Wildman–Crippen MR) is 61.9 cm³/mol. The Morgan fingerprint density at radius 1 is 1.40 bits per heavy atom. The van der Waals surface area contributed by atoms with Gasteiger partial charge in [-0.05, 0) is 30.7 Å². The lowest BCUT2D eigenvalue weighted by Gasteiger charge is -2.07. The first-order valence-electron chi connectivity index (χ1n) is 4.69. The van der Waals surface area contributed by atoms with Crippen LogP contribution in [-0.4, -0.2) is 9.78 Å². The SMILES string of the molecule is Cc1ccnn1Cc1ccc(N)cc1Cl. The van der Waals surface area contributed by atoms with E-state index in [0.717, 1.165) is 11.3 Å². The summed E-state index contributed by atoms with van der Waals surface area (Å²) in [6.07, 6.45) is 1.78. The molecule has 0 atom stereocenters. The molecule has 0 saturated carbocycles. The van der Waals surface area contributed by atoms with Crippen LogP contribution in [0.5, 0.6) is 0 Å². The fraction of sp³-hybridized carbons (Fsp3) is 0.182. The van der Waals surface area contributed by atoms with E-state index in [1.54, 1.807) is 12.3 Å². The van der Waals surface area contributed by atoms with Gasteiger partial charge in [0.1, 0.15) is 0 Å². The van der Waals surface area contributed by atoms with Gasteiger partial charge in [0, 0.05) is 22.6 Å². The molecular formula is C11H12ClN3. The van der Waals surface area contributed by atoms with Crippen LogP contribution in [-0.2, 0) is 6.54 Å². The quantitative estimate of drug-likeness (QED) is 0.792. The molecular weight excluding hydrogens is 210 g/mol. The lowest BCUT2D eigenvalue weighted by atomic mass is 10.2. The number of aryl methyl sites for hydroxylation is 1. The second kappa shape index (κ2) is 3.95. The fourth-order valence-corrected chi connectivity index (χ4v) is 1.67. The van der Waals surface area contributed by atoms with Gasteiger partial charge in [0.2, 0.25) is 0 Å². The number of anilines is 1. The summed E-state index contributed by atoms with van der Waals surface area (Å²) in [6, 6.07) is 7.50. The molecule has 78 valence electrons. The van der Waals surface area contributed by atoms with Crippen molar-refractivity contribution in [2.75, 3.05) is 5.73 Å². The van der Waals surface area contributed by atoms with E-state index in [2.05, 4.69) is 5.10 Å². The van der Waals surface area contributed by atoms with E-state index in [1.807, 2.05) is 29.8 Å². The van der Waals surface area contributed by atoms with E-state index in [9.17, 15) is 0 Å². The van der Waals surface area contributed by atoms with Crippen molar-refractivity contribution in [3.05, 3.63) is 46.7 Å². The largest absolute Gasteiger partial charge is 0.399 e. The van der Waals surface area contributed by atoms with Crippen molar-refractivity contribution < 1.29 is 0 Å². The Labute approximate surface area is 93.5 Å². The van der Waals surface area contributed by atoms with Gasteiger partial charge in [-0.2, -0.15) is 5.10 Å². The molecule has 4 heteroatoms. The zero-order valence-electron chi connectivity index (χ0n) is 8.44. The van der Waals surface area contributed by atoms with Crippen LogP contribution in [0.15, 0.2) is 30.5 Å². The van der Waals surface area contributed by atoms with Gasteiger partial charge in [0.25, 0.3) is 0 Å². The Bertz CT molecular complexity index is 476. The first-order valence-corrected chi connectivity index (χ1v) is 5.07. The van der Waals surface area contributed by atoms with E-state index in [0.29, 0.717) is 17.3 Å². The van der Waals surface area contributed by atoms with Crippen molar-refractivity contribution in [1.82, 2.24) is 9.78 Å². The number of benzene rings is 1. The molecule has 1 aromatic heterocycles. The summed E-state index contributed by atoms with van der Waals surface area (Å²) in [5, 5.41) is 4.89. The molecule has 0 unspecified atom stereocenters. The van der Waals surface area contributed by atoms with Crippen LogP contribution in [0.1, 0.15) is 11.3 Å². The van der Waals surface area contributed by atoms with Crippen molar-refractivity contribution in [1.29, 1.82) is 0 Å². The number of nitrogens with zero attached hydrogens (tertiary/aromatic N) is 2. The lowest BCUT2D eigenvalue weighted by Crippen LogP contribution is -2.04. The van der Waals surface area contributed by atoms with Crippen LogP contribution < -0.4 is 5.73 Å². The molecule has 0 fully saturated rings. The minimum atomic E-state index is 0.679. The van der Waals surface area contributed by atoms with E-state index in [-0.39, 0.29) is 0 Å². The van der Waals surface area contributed by atoms with Crippen LogP contribution in [0.4, 0.5) is 5.69 Å². The summed E-state index contributed by atoms with van der Waals surface area (Å²) < 4.78 is 1.90. The predicted octanol–water partition coefficient (Wildman–Crippen LogP) is 2.48. The molecule has 0 amide bonds. The van der Waals surface area contributed by atoms with Crippen LogP contribution >= 0.6 is 11.6 Å². The molecule has 0 bridgehead atoms. The molecule has 0 aliphatic heterocycles. The molecule has 2 N–H and O–H groups in total. The van der Waals surface area contributed by atoms with E-state index < -0.39 is 0 Å². The maximum atomic E-state index is 6.08. The van der Waals surface area contributed by atoms with Gasteiger partial charge >= 0.3 is 0 Å². The highest BCUT2D eigenvalue weighted by Crippen LogP contribution is 2.20. The average molecular weight is 222 g/mol. The molecule has 3 nitrogen and oxygen atoms in total. The van der Waals surface area contributed by atoms with Crippen molar-refractivity contribution in [2.24, 2.45) is 0 Å². The van der Waals surface area contributed by atoms with Crippen molar-refractivity contribution >= 4 is 17.3 Å². The second-order valence-corrected chi connectivity index (χ2v) is 3.89. The average Bonchev–Trinajstić information content (AvgIpc) is 2.57. The molecule has 2 aromatic rings. The summed E-state index contributed by atoms with van der Waals surface area (Å²) in [7, 11) is 0. The summed E-state index contributed by atoms with van der Waals surface area (Å²) in [5.74, 6) is 0. The molecule has 0 aliphatic carbocycles. The zero-order chi connectivity index (χ0) is 10.8. The van der Waals surface area contributed by atoms with Crippen LogP contribution in [0.25, 0.3) is 0 Å². The number of hydrogen-bond acceptors (Lipinski definition) is 2. The number of hydrogen-bond donors (Lipinski definition) is 1.